The number of rotatable bonds is 3. The number of ether oxygens (including phenoxy) is 1. The van der Waals surface area contributed by atoms with Crippen LogP contribution in [0.2, 0.25) is 0 Å². The minimum atomic E-state index is -1.31. The lowest BCUT2D eigenvalue weighted by Gasteiger charge is -2.40. The summed E-state index contributed by atoms with van der Waals surface area (Å²) < 4.78 is 6.06. The summed E-state index contributed by atoms with van der Waals surface area (Å²) in [5.41, 5.74) is 6.19. The maximum absolute atomic E-state index is 12.7. The lowest BCUT2D eigenvalue weighted by Crippen LogP contribution is -2.58. The van der Waals surface area contributed by atoms with E-state index in [0.717, 1.165) is 0 Å². The number of nitrogens with two attached hydrogens (primary N) is 1. The number of anilines is 1. The van der Waals surface area contributed by atoms with Gasteiger partial charge in [0.25, 0.3) is 5.91 Å². The van der Waals surface area contributed by atoms with Crippen LogP contribution >= 0.6 is 0 Å². The fourth-order valence-corrected chi connectivity index (χ4v) is 2.55. The predicted octanol–water partition coefficient (Wildman–Crippen LogP) is 2.43. The van der Waals surface area contributed by atoms with Gasteiger partial charge in [0.2, 0.25) is 5.60 Å². The average Bonchev–Trinajstić information content (AvgIpc) is 2.54. The second kappa shape index (κ2) is 5.07. The molecule has 0 bridgehead atoms. The summed E-state index contributed by atoms with van der Waals surface area (Å²) in [7, 11) is 0. The first-order valence-corrected chi connectivity index (χ1v) is 6.71. The number of amides is 1. The van der Waals surface area contributed by atoms with Gasteiger partial charge in [-0.05, 0) is 12.1 Å². The molecule has 0 fully saturated rings. The number of nitrogens with one attached hydrogen (secondary N) is 1. The third kappa shape index (κ3) is 2.00. The van der Waals surface area contributed by atoms with E-state index in [1.807, 2.05) is 48.5 Å². The van der Waals surface area contributed by atoms with Gasteiger partial charge in [0.15, 0.2) is 0 Å². The highest BCUT2D eigenvalue weighted by Gasteiger charge is 2.50. The molecule has 4 nitrogen and oxygen atoms in total. The molecule has 4 heteroatoms. The number of hydrogen-bond donors (Lipinski definition) is 2. The quantitative estimate of drug-likeness (QED) is 0.849. The highest BCUT2D eigenvalue weighted by Crippen LogP contribution is 2.40. The zero-order valence-corrected chi connectivity index (χ0v) is 11.5. The van der Waals surface area contributed by atoms with E-state index in [-0.39, 0.29) is 5.91 Å². The van der Waals surface area contributed by atoms with Crippen LogP contribution in [0.4, 0.5) is 5.69 Å². The van der Waals surface area contributed by atoms with Gasteiger partial charge >= 0.3 is 0 Å². The first-order valence-electron chi connectivity index (χ1n) is 6.71. The maximum atomic E-state index is 12.7. The van der Waals surface area contributed by atoms with Crippen molar-refractivity contribution in [2.75, 3.05) is 5.32 Å². The number of carbonyl (C=O) groups excluding carboxylic acids is 1. The Morgan fingerprint density at radius 2 is 1.81 bits per heavy atom. The van der Waals surface area contributed by atoms with E-state index < -0.39 is 11.6 Å². The molecule has 2 aromatic carbocycles. The number of hydrogen-bond acceptors (Lipinski definition) is 3. The fourth-order valence-electron chi connectivity index (χ4n) is 2.55. The van der Waals surface area contributed by atoms with E-state index in [0.29, 0.717) is 17.0 Å². The van der Waals surface area contributed by atoms with Gasteiger partial charge in [-0.15, -0.1) is 6.58 Å². The normalized spacial score (nSPS) is 21.7. The molecular weight excluding hydrogens is 264 g/mol. The van der Waals surface area contributed by atoms with Crippen molar-refractivity contribution in [1.29, 1.82) is 0 Å². The maximum Gasteiger partial charge on any atom is 0.275 e. The Kier molecular flexibility index (Phi) is 3.23. The third-order valence-corrected chi connectivity index (χ3v) is 3.67. The van der Waals surface area contributed by atoms with Crippen molar-refractivity contribution in [2.45, 2.75) is 11.6 Å². The van der Waals surface area contributed by atoms with E-state index >= 15 is 0 Å². The summed E-state index contributed by atoms with van der Waals surface area (Å²) in [6, 6.07) is 15.9. The zero-order valence-electron chi connectivity index (χ0n) is 11.5. The Bertz CT molecular complexity index is 684. The molecule has 3 N–H and O–H groups in total. The lowest BCUT2D eigenvalue weighted by atomic mass is 9.84. The predicted molar refractivity (Wildman–Crippen MR) is 82.0 cm³/mol. The summed E-state index contributed by atoms with van der Waals surface area (Å²) in [6.45, 7) is 3.71. The van der Waals surface area contributed by atoms with Crippen LogP contribution in [-0.4, -0.2) is 11.9 Å². The van der Waals surface area contributed by atoms with Gasteiger partial charge in [-0.3, -0.25) is 4.79 Å². The molecule has 21 heavy (non-hydrogen) atoms. The largest absolute Gasteiger partial charge is 0.468 e. The SMILES string of the molecule is C=CC(N)C1(c2ccccc2)Oc2ccccc2NC1=O. The van der Waals surface area contributed by atoms with Gasteiger partial charge < -0.3 is 15.8 Å². The minimum absolute atomic E-state index is 0.292. The van der Waals surface area contributed by atoms with E-state index in [4.69, 9.17) is 10.5 Å². The van der Waals surface area contributed by atoms with Crippen molar-refractivity contribution >= 4 is 11.6 Å². The van der Waals surface area contributed by atoms with Crippen molar-refractivity contribution in [3.05, 3.63) is 72.8 Å². The van der Waals surface area contributed by atoms with Gasteiger partial charge in [0.05, 0.1) is 11.7 Å². The molecule has 1 amide bonds. The number of fused-ring (bicyclic) bond motifs is 1. The lowest BCUT2D eigenvalue weighted by molar-refractivity contribution is -0.134. The van der Waals surface area contributed by atoms with Crippen LogP contribution in [-0.2, 0) is 10.4 Å². The molecule has 0 saturated heterocycles. The summed E-state index contributed by atoms with van der Waals surface area (Å²) >= 11 is 0. The van der Waals surface area contributed by atoms with E-state index in [1.54, 1.807) is 6.07 Å². The number of para-hydroxylation sites is 2. The summed E-state index contributed by atoms with van der Waals surface area (Å²) in [5, 5.41) is 2.87. The Hall–Kier alpha value is -2.59. The molecule has 0 aromatic heterocycles. The number of carbonyl (C=O) groups is 1. The molecule has 2 atom stereocenters. The summed E-state index contributed by atoms with van der Waals surface area (Å²) in [5.74, 6) is 0.304. The average molecular weight is 280 g/mol. The van der Waals surface area contributed by atoms with Gasteiger partial charge in [-0.25, -0.2) is 0 Å². The Morgan fingerprint density at radius 1 is 1.14 bits per heavy atom. The van der Waals surface area contributed by atoms with Crippen LogP contribution in [0.5, 0.6) is 5.75 Å². The highest BCUT2D eigenvalue weighted by molar-refractivity contribution is 6.02. The van der Waals surface area contributed by atoms with Crippen LogP contribution in [0.15, 0.2) is 67.3 Å². The molecule has 3 rings (SSSR count). The molecule has 106 valence electrons. The molecule has 0 aliphatic carbocycles. The molecule has 0 spiro atoms. The topological polar surface area (TPSA) is 64.3 Å². The first kappa shape index (κ1) is 13.4. The first-order chi connectivity index (χ1) is 10.2. The summed E-state index contributed by atoms with van der Waals surface area (Å²) in [6.07, 6.45) is 1.53. The second-order valence-electron chi connectivity index (χ2n) is 4.92. The monoisotopic (exact) mass is 280 g/mol. The Balaban J connectivity index is 2.18. The van der Waals surface area contributed by atoms with Crippen LogP contribution in [0.3, 0.4) is 0 Å². The third-order valence-electron chi connectivity index (χ3n) is 3.67. The molecule has 2 unspecified atom stereocenters. The molecular formula is C17H16N2O2. The molecule has 1 aliphatic rings. The summed E-state index contributed by atoms with van der Waals surface area (Å²) in [4.78, 5) is 12.7. The highest BCUT2D eigenvalue weighted by atomic mass is 16.5. The van der Waals surface area contributed by atoms with Crippen molar-refractivity contribution in [2.24, 2.45) is 5.73 Å². The van der Waals surface area contributed by atoms with Gasteiger partial charge in [0.1, 0.15) is 5.75 Å². The van der Waals surface area contributed by atoms with Crippen LogP contribution in [0, 0.1) is 0 Å². The molecule has 0 saturated carbocycles. The van der Waals surface area contributed by atoms with Crippen molar-refractivity contribution < 1.29 is 9.53 Å². The Morgan fingerprint density at radius 3 is 2.52 bits per heavy atom. The van der Waals surface area contributed by atoms with Crippen LogP contribution < -0.4 is 15.8 Å². The standard InChI is InChI=1S/C17H16N2O2/c1-2-15(18)17(12-8-4-3-5-9-12)16(20)19-13-10-6-7-11-14(13)21-17/h2-11,15H,1,18H2,(H,19,20). The van der Waals surface area contributed by atoms with E-state index in [9.17, 15) is 4.79 Å². The molecule has 1 aliphatic heterocycles. The Labute approximate surface area is 123 Å². The van der Waals surface area contributed by atoms with Crippen molar-refractivity contribution in [1.82, 2.24) is 0 Å². The molecule has 2 aromatic rings. The van der Waals surface area contributed by atoms with Gasteiger partial charge in [-0.2, -0.15) is 0 Å². The second-order valence-corrected chi connectivity index (χ2v) is 4.92. The van der Waals surface area contributed by atoms with Gasteiger partial charge in [-0.1, -0.05) is 48.5 Å². The molecule has 1 heterocycles. The zero-order chi connectivity index (χ0) is 14.9. The van der Waals surface area contributed by atoms with Crippen molar-refractivity contribution in [3.8, 4) is 5.75 Å². The fraction of sp³-hybridized carbons (Fsp3) is 0.118. The van der Waals surface area contributed by atoms with Gasteiger partial charge in [0, 0.05) is 5.56 Å². The minimum Gasteiger partial charge on any atom is -0.468 e. The van der Waals surface area contributed by atoms with Crippen LogP contribution in [0.25, 0.3) is 0 Å². The molecule has 0 radical (unpaired) electrons. The van der Waals surface area contributed by atoms with E-state index in [2.05, 4.69) is 11.9 Å². The number of benzene rings is 2. The van der Waals surface area contributed by atoms with E-state index in [1.165, 1.54) is 6.08 Å². The van der Waals surface area contributed by atoms with Crippen molar-refractivity contribution in [3.63, 3.8) is 0 Å². The van der Waals surface area contributed by atoms with Crippen LogP contribution in [0.1, 0.15) is 5.56 Å². The smallest absolute Gasteiger partial charge is 0.275 e.